The van der Waals surface area contributed by atoms with Crippen LogP contribution in [0.25, 0.3) is 0 Å². The highest BCUT2D eigenvalue weighted by molar-refractivity contribution is 5.78. The van der Waals surface area contributed by atoms with Crippen molar-refractivity contribution in [1.29, 1.82) is 0 Å². The zero-order chi connectivity index (χ0) is 9.47. The summed E-state index contributed by atoms with van der Waals surface area (Å²) in [5.74, 6) is -0.682. The first-order valence-electron chi connectivity index (χ1n) is 4.34. The molecule has 1 saturated carbocycles. The minimum atomic E-state index is -0.682. The van der Waals surface area contributed by atoms with Crippen LogP contribution in [0.2, 0.25) is 0 Å². The first kappa shape index (κ1) is 8.29. The summed E-state index contributed by atoms with van der Waals surface area (Å²) in [6.07, 6.45) is 3.99. The third-order valence-electron chi connectivity index (χ3n) is 2.60. The van der Waals surface area contributed by atoms with Gasteiger partial charge in [0.15, 0.2) is 0 Å². The molecular formula is C9H12N2O2. The van der Waals surface area contributed by atoms with E-state index in [4.69, 9.17) is 5.11 Å². The monoisotopic (exact) mass is 180 g/mol. The van der Waals surface area contributed by atoms with E-state index in [-0.39, 0.29) is 0 Å². The van der Waals surface area contributed by atoms with Gasteiger partial charge in [-0.15, -0.1) is 0 Å². The number of hydrogen-bond donors (Lipinski definition) is 1. The van der Waals surface area contributed by atoms with Crippen molar-refractivity contribution >= 4 is 5.97 Å². The van der Waals surface area contributed by atoms with Gasteiger partial charge >= 0.3 is 5.97 Å². The van der Waals surface area contributed by atoms with Crippen LogP contribution in [-0.4, -0.2) is 20.9 Å². The quantitative estimate of drug-likeness (QED) is 0.749. The summed E-state index contributed by atoms with van der Waals surface area (Å²) in [5, 5.41) is 13.1. The van der Waals surface area contributed by atoms with E-state index in [0.717, 1.165) is 18.5 Å². The predicted molar refractivity (Wildman–Crippen MR) is 46.2 cm³/mol. The van der Waals surface area contributed by atoms with Gasteiger partial charge in [-0.25, -0.2) is 0 Å². The van der Waals surface area contributed by atoms with Crippen molar-refractivity contribution in [2.75, 3.05) is 0 Å². The van der Waals surface area contributed by atoms with Gasteiger partial charge in [-0.3, -0.25) is 9.48 Å². The van der Waals surface area contributed by atoms with Crippen LogP contribution in [0.3, 0.4) is 0 Å². The fraction of sp³-hybridized carbons (Fsp3) is 0.556. The van der Waals surface area contributed by atoms with E-state index in [2.05, 4.69) is 5.10 Å². The Bertz CT molecular complexity index is 339. The molecule has 1 aromatic rings. The van der Waals surface area contributed by atoms with Gasteiger partial charge in [-0.1, -0.05) is 0 Å². The second-order valence-corrected chi connectivity index (χ2v) is 3.74. The van der Waals surface area contributed by atoms with Gasteiger partial charge in [0.05, 0.1) is 11.1 Å². The van der Waals surface area contributed by atoms with E-state index >= 15 is 0 Å². The summed E-state index contributed by atoms with van der Waals surface area (Å²) in [4.78, 5) is 10.9. The van der Waals surface area contributed by atoms with Crippen LogP contribution >= 0.6 is 0 Å². The van der Waals surface area contributed by atoms with E-state index in [9.17, 15) is 4.79 Å². The zero-order valence-corrected chi connectivity index (χ0v) is 7.53. The molecule has 0 unspecified atom stereocenters. The van der Waals surface area contributed by atoms with E-state index in [0.29, 0.717) is 6.42 Å². The lowest BCUT2D eigenvalue weighted by Crippen LogP contribution is -2.17. The molecule has 0 bridgehead atoms. The van der Waals surface area contributed by atoms with Crippen LogP contribution in [0.5, 0.6) is 0 Å². The number of aryl methyl sites for hydroxylation is 1. The molecule has 1 N–H and O–H groups in total. The fourth-order valence-electron chi connectivity index (χ4n) is 1.52. The lowest BCUT2D eigenvalue weighted by Gasteiger charge is -2.05. The highest BCUT2D eigenvalue weighted by atomic mass is 16.4. The molecule has 70 valence electrons. The Kier molecular flexibility index (Phi) is 1.65. The first-order valence-corrected chi connectivity index (χ1v) is 4.34. The molecule has 0 atom stereocenters. The summed E-state index contributed by atoms with van der Waals surface area (Å²) in [6.45, 7) is 0. The van der Waals surface area contributed by atoms with Crippen LogP contribution in [0.4, 0.5) is 0 Å². The maximum atomic E-state index is 10.9. The van der Waals surface area contributed by atoms with Crippen LogP contribution in [-0.2, 0) is 18.3 Å². The lowest BCUT2D eigenvalue weighted by molar-refractivity contribution is -0.143. The van der Waals surface area contributed by atoms with Crippen molar-refractivity contribution in [1.82, 2.24) is 9.78 Å². The van der Waals surface area contributed by atoms with Gasteiger partial charge in [-0.05, 0) is 18.9 Å². The van der Waals surface area contributed by atoms with Gasteiger partial charge in [0.25, 0.3) is 0 Å². The number of rotatable bonds is 3. The van der Waals surface area contributed by atoms with Gasteiger partial charge in [0.2, 0.25) is 0 Å². The van der Waals surface area contributed by atoms with E-state index in [1.165, 1.54) is 0 Å². The number of aliphatic carboxylic acids is 1. The second kappa shape index (κ2) is 2.58. The standard InChI is InChI=1S/C9H12N2O2/c1-11-5-2-7(10-11)6-9(3-4-9)8(12)13/h2,5H,3-4,6H2,1H3,(H,12,13). The molecule has 0 spiro atoms. The van der Waals surface area contributed by atoms with Gasteiger partial charge in [0, 0.05) is 19.7 Å². The summed E-state index contributed by atoms with van der Waals surface area (Å²) < 4.78 is 1.70. The molecule has 1 aliphatic carbocycles. The van der Waals surface area contributed by atoms with Crippen LogP contribution in [0.1, 0.15) is 18.5 Å². The number of carboxylic acids is 1. The summed E-state index contributed by atoms with van der Waals surface area (Å²) in [7, 11) is 1.84. The Morgan fingerprint density at radius 3 is 2.85 bits per heavy atom. The van der Waals surface area contributed by atoms with Crippen LogP contribution in [0.15, 0.2) is 12.3 Å². The Morgan fingerprint density at radius 1 is 1.77 bits per heavy atom. The molecule has 0 aromatic carbocycles. The number of carboxylic acid groups (broad SMARTS) is 1. The number of hydrogen-bond acceptors (Lipinski definition) is 2. The van der Waals surface area contributed by atoms with E-state index in [1.807, 2.05) is 19.3 Å². The Morgan fingerprint density at radius 2 is 2.46 bits per heavy atom. The molecule has 1 aromatic heterocycles. The maximum Gasteiger partial charge on any atom is 0.310 e. The summed E-state index contributed by atoms with van der Waals surface area (Å²) in [6, 6.07) is 1.88. The third-order valence-corrected chi connectivity index (χ3v) is 2.60. The molecule has 0 amide bonds. The number of nitrogens with zero attached hydrogens (tertiary/aromatic N) is 2. The molecule has 1 fully saturated rings. The normalized spacial score (nSPS) is 18.5. The smallest absolute Gasteiger partial charge is 0.310 e. The molecule has 1 heterocycles. The largest absolute Gasteiger partial charge is 0.481 e. The minimum Gasteiger partial charge on any atom is -0.481 e. The van der Waals surface area contributed by atoms with Crippen LogP contribution in [0, 0.1) is 5.41 Å². The van der Waals surface area contributed by atoms with Crippen molar-refractivity contribution in [2.24, 2.45) is 12.5 Å². The Balaban J connectivity index is 2.10. The van der Waals surface area contributed by atoms with E-state index in [1.54, 1.807) is 4.68 Å². The number of carbonyl (C=O) groups is 1. The highest BCUT2D eigenvalue weighted by Gasteiger charge is 2.50. The van der Waals surface area contributed by atoms with Crippen LogP contribution < -0.4 is 0 Å². The molecular weight excluding hydrogens is 168 g/mol. The molecule has 0 radical (unpaired) electrons. The minimum absolute atomic E-state index is 0.492. The lowest BCUT2D eigenvalue weighted by atomic mass is 10.0. The van der Waals surface area contributed by atoms with Crippen molar-refractivity contribution < 1.29 is 9.90 Å². The van der Waals surface area contributed by atoms with Gasteiger partial charge in [0.1, 0.15) is 0 Å². The highest BCUT2D eigenvalue weighted by Crippen LogP contribution is 2.48. The molecule has 4 nitrogen and oxygen atoms in total. The van der Waals surface area contributed by atoms with Crippen molar-refractivity contribution in [3.63, 3.8) is 0 Å². The van der Waals surface area contributed by atoms with Crippen molar-refractivity contribution in [2.45, 2.75) is 19.3 Å². The molecule has 1 aliphatic rings. The first-order chi connectivity index (χ1) is 6.12. The maximum absolute atomic E-state index is 10.9. The van der Waals surface area contributed by atoms with Gasteiger partial charge in [-0.2, -0.15) is 5.10 Å². The third kappa shape index (κ3) is 1.43. The molecule has 2 rings (SSSR count). The topological polar surface area (TPSA) is 55.1 Å². The second-order valence-electron chi connectivity index (χ2n) is 3.74. The fourth-order valence-corrected chi connectivity index (χ4v) is 1.52. The molecule has 0 aliphatic heterocycles. The zero-order valence-electron chi connectivity index (χ0n) is 7.53. The Hall–Kier alpha value is -1.32. The predicted octanol–water partition coefficient (Wildman–Crippen LogP) is 0.827. The average Bonchev–Trinajstić information content (AvgIpc) is 2.72. The molecule has 0 saturated heterocycles. The average molecular weight is 180 g/mol. The SMILES string of the molecule is Cn1ccc(CC2(C(=O)O)CC2)n1. The number of aromatic nitrogens is 2. The van der Waals surface area contributed by atoms with Crippen molar-refractivity contribution in [3.8, 4) is 0 Å². The molecule has 13 heavy (non-hydrogen) atoms. The van der Waals surface area contributed by atoms with Crippen molar-refractivity contribution in [3.05, 3.63) is 18.0 Å². The summed E-state index contributed by atoms with van der Waals surface area (Å²) in [5.41, 5.74) is 0.386. The van der Waals surface area contributed by atoms with E-state index < -0.39 is 11.4 Å². The Labute approximate surface area is 76.2 Å². The van der Waals surface area contributed by atoms with Gasteiger partial charge < -0.3 is 5.11 Å². The summed E-state index contributed by atoms with van der Waals surface area (Å²) >= 11 is 0. The molecule has 4 heteroatoms.